The number of nitrogens with one attached hydrogen (secondary N) is 1. The number of aliphatic imine (C=N–C) groups is 1. The average Bonchev–Trinajstić information content (AvgIpc) is 2.59. The van der Waals surface area contributed by atoms with Gasteiger partial charge in [-0.2, -0.15) is 5.10 Å². The van der Waals surface area contributed by atoms with Gasteiger partial charge in [-0.1, -0.05) is 6.92 Å². The summed E-state index contributed by atoms with van der Waals surface area (Å²) in [4.78, 5) is 4.36. The van der Waals surface area contributed by atoms with Gasteiger partial charge in [-0.25, -0.2) is 9.67 Å². The van der Waals surface area contributed by atoms with Gasteiger partial charge in [-0.15, -0.1) is 24.0 Å². The second kappa shape index (κ2) is 7.70. The van der Waals surface area contributed by atoms with Gasteiger partial charge in [0.05, 0.1) is 24.9 Å². The minimum Gasteiger partial charge on any atom is -0.481 e. The highest BCUT2D eigenvalue weighted by Crippen LogP contribution is 2.22. The van der Waals surface area contributed by atoms with Crippen LogP contribution in [0.2, 0.25) is 0 Å². The second-order valence-corrected chi connectivity index (χ2v) is 5.49. The average molecular weight is 395 g/mol. The van der Waals surface area contributed by atoms with Gasteiger partial charge >= 0.3 is 0 Å². The molecule has 0 aliphatic carbocycles. The summed E-state index contributed by atoms with van der Waals surface area (Å²) in [6.45, 7) is 8.65. The Bertz CT molecular complexity index is 462. The molecule has 0 fully saturated rings. The van der Waals surface area contributed by atoms with Gasteiger partial charge in [0.15, 0.2) is 5.96 Å². The number of nitrogens with two attached hydrogens (primary N) is 1. The van der Waals surface area contributed by atoms with Gasteiger partial charge in [0.1, 0.15) is 0 Å². The van der Waals surface area contributed by atoms with Crippen LogP contribution in [0.5, 0.6) is 5.88 Å². The Balaban J connectivity index is 0.00000361. The Morgan fingerprint density at radius 3 is 2.50 bits per heavy atom. The highest BCUT2D eigenvalue weighted by atomic mass is 127. The van der Waals surface area contributed by atoms with Crippen molar-refractivity contribution in [2.45, 2.75) is 46.2 Å². The predicted octanol–water partition coefficient (Wildman–Crippen LogP) is 1.81. The summed E-state index contributed by atoms with van der Waals surface area (Å²) >= 11 is 0. The summed E-state index contributed by atoms with van der Waals surface area (Å²) in [6, 6.07) is 0. The number of aromatic nitrogens is 2. The molecule has 0 radical (unpaired) electrons. The summed E-state index contributed by atoms with van der Waals surface area (Å²) in [7, 11) is 3.50. The molecule has 0 atom stereocenters. The van der Waals surface area contributed by atoms with Crippen LogP contribution >= 0.6 is 24.0 Å². The van der Waals surface area contributed by atoms with E-state index in [0.717, 1.165) is 23.6 Å². The molecule has 0 saturated carbocycles. The number of methoxy groups -OCH3 is 1. The normalized spacial score (nSPS) is 12.0. The maximum Gasteiger partial charge on any atom is 0.216 e. The smallest absolute Gasteiger partial charge is 0.216 e. The molecule has 0 bridgehead atoms. The summed E-state index contributed by atoms with van der Waals surface area (Å²) < 4.78 is 7.09. The number of hydrogen-bond donors (Lipinski definition) is 2. The maximum atomic E-state index is 5.87. The lowest BCUT2D eigenvalue weighted by Gasteiger charge is -2.21. The van der Waals surface area contributed by atoms with E-state index in [9.17, 15) is 0 Å². The summed E-state index contributed by atoms with van der Waals surface area (Å²) in [5, 5.41) is 7.54. The summed E-state index contributed by atoms with van der Waals surface area (Å²) in [5.74, 6) is 1.17. The fourth-order valence-corrected chi connectivity index (χ4v) is 1.89. The predicted molar refractivity (Wildman–Crippen MR) is 92.8 cm³/mol. The molecule has 116 valence electrons. The third kappa shape index (κ3) is 5.18. The molecule has 0 aliphatic rings. The van der Waals surface area contributed by atoms with Gasteiger partial charge < -0.3 is 15.8 Å². The Hall–Kier alpha value is -0.990. The number of guanidine groups is 1. The van der Waals surface area contributed by atoms with Crippen molar-refractivity contribution in [3.05, 3.63) is 11.3 Å². The van der Waals surface area contributed by atoms with E-state index in [-0.39, 0.29) is 29.5 Å². The van der Waals surface area contributed by atoms with Gasteiger partial charge in [0.2, 0.25) is 5.88 Å². The second-order valence-electron chi connectivity index (χ2n) is 5.49. The van der Waals surface area contributed by atoms with Crippen LogP contribution in [0.15, 0.2) is 4.99 Å². The topological polar surface area (TPSA) is 77.5 Å². The van der Waals surface area contributed by atoms with E-state index in [1.165, 1.54) is 0 Å². The number of rotatable bonds is 4. The number of aryl methyl sites for hydroxylation is 2. The van der Waals surface area contributed by atoms with E-state index in [1.54, 1.807) is 11.8 Å². The van der Waals surface area contributed by atoms with Crippen molar-refractivity contribution in [2.24, 2.45) is 17.8 Å². The first-order valence-electron chi connectivity index (χ1n) is 6.45. The Morgan fingerprint density at radius 1 is 1.45 bits per heavy atom. The van der Waals surface area contributed by atoms with Crippen molar-refractivity contribution in [2.75, 3.05) is 7.11 Å². The van der Waals surface area contributed by atoms with Crippen LogP contribution in [0.3, 0.4) is 0 Å². The molecule has 20 heavy (non-hydrogen) atoms. The molecule has 0 amide bonds. The molecule has 1 aromatic rings. The molecule has 0 spiro atoms. The van der Waals surface area contributed by atoms with Gasteiger partial charge in [0, 0.05) is 12.6 Å². The molecule has 3 N–H and O–H groups in total. The Labute approximate surface area is 138 Å². The lowest BCUT2D eigenvalue weighted by Crippen LogP contribution is -2.45. The largest absolute Gasteiger partial charge is 0.481 e. The van der Waals surface area contributed by atoms with Crippen LogP contribution < -0.4 is 15.8 Å². The molecular weight excluding hydrogens is 369 g/mol. The van der Waals surface area contributed by atoms with E-state index in [1.807, 2.05) is 27.8 Å². The van der Waals surface area contributed by atoms with Crippen molar-refractivity contribution in [3.63, 3.8) is 0 Å². The van der Waals surface area contributed by atoms with E-state index >= 15 is 0 Å². The van der Waals surface area contributed by atoms with Crippen molar-refractivity contribution in [3.8, 4) is 5.88 Å². The van der Waals surface area contributed by atoms with Gasteiger partial charge in [-0.3, -0.25) is 0 Å². The van der Waals surface area contributed by atoms with Gasteiger partial charge in [-0.05, 0) is 27.2 Å². The molecule has 0 aromatic carbocycles. The van der Waals surface area contributed by atoms with Crippen LogP contribution in [-0.2, 0) is 20.0 Å². The molecule has 0 saturated heterocycles. The fraction of sp³-hybridized carbons (Fsp3) is 0.692. The van der Waals surface area contributed by atoms with Crippen molar-refractivity contribution >= 4 is 29.9 Å². The van der Waals surface area contributed by atoms with E-state index in [4.69, 9.17) is 10.5 Å². The zero-order chi connectivity index (χ0) is 14.6. The maximum absolute atomic E-state index is 5.87. The Kier molecular flexibility index (Phi) is 7.32. The molecule has 0 aliphatic heterocycles. The Morgan fingerprint density at radius 2 is 2.05 bits per heavy atom. The summed E-state index contributed by atoms with van der Waals surface area (Å²) in [6.07, 6.45) is 0.842. The van der Waals surface area contributed by atoms with E-state index in [2.05, 4.69) is 22.3 Å². The highest BCUT2D eigenvalue weighted by Gasteiger charge is 2.16. The van der Waals surface area contributed by atoms with E-state index < -0.39 is 0 Å². The third-order valence-corrected chi connectivity index (χ3v) is 2.61. The third-order valence-electron chi connectivity index (χ3n) is 2.61. The van der Waals surface area contributed by atoms with Crippen LogP contribution in [-0.4, -0.2) is 28.4 Å². The zero-order valence-electron chi connectivity index (χ0n) is 13.1. The van der Waals surface area contributed by atoms with Crippen LogP contribution in [0.1, 0.15) is 39.0 Å². The minimum atomic E-state index is -0.0970. The molecule has 0 unspecified atom stereocenters. The monoisotopic (exact) mass is 395 g/mol. The molecular formula is C13H26IN5O. The number of hydrogen-bond acceptors (Lipinski definition) is 3. The first-order valence-corrected chi connectivity index (χ1v) is 6.45. The van der Waals surface area contributed by atoms with Crippen LogP contribution in [0, 0.1) is 0 Å². The van der Waals surface area contributed by atoms with Crippen molar-refractivity contribution < 1.29 is 4.74 Å². The fourth-order valence-electron chi connectivity index (χ4n) is 1.89. The quantitative estimate of drug-likeness (QED) is 0.463. The SMILES string of the molecule is CCc1nn(C)c(OC)c1CN=C(N)NC(C)(C)C.I. The first kappa shape index (κ1) is 19.0. The molecule has 1 rings (SSSR count). The number of ether oxygens (including phenoxy) is 1. The van der Waals surface area contributed by atoms with Gasteiger partial charge in [0.25, 0.3) is 0 Å². The van der Waals surface area contributed by atoms with E-state index in [0.29, 0.717) is 12.5 Å². The minimum absolute atomic E-state index is 0. The van der Waals surface area contributed by atoms with Crippen molar-refractivity contribution in [1.29, 1.82) is 0 Å². The first-order chi connectivity index (χ1) is 8.78. The van der Waals surface area contributed by atoms with Crippen LogP contribution in [0.4, 0.5) is 0 Å². The van der Waals surface area contributed by atoms with Crippen LogP contribution in [0.25, 0.3) is 0 Å². The molecule has 7 heteroatoms. The lowest BCUT2D eigenvalue weighted by molar-refractivity contribution is 0.369. The summed E-state index contributed by atoms with van der Waals surface area (Å²) in [5.41, 5.74) is 7.76. The highest BCUT2D eigenvalue weighted by molar-refractivity contribution is 14.0. The lowest BCUT2D eigenvalue weighted by atomic mass is 10.1. The number of halogens is 1. The number of nitrogens with zero attached hydrogens (tertiary/aromatic N) is 3. The molecule has 1 aromatic heterocycles. The molecule has 6 nitrogen and oxygen atoms in total. The van der Waals surface area contributed by atoms with Crippen molar-refractivity contribution in [1.82, 2.24) is 15.1 Å². The molecule has 1 heterocycles. The zero-order valence-corrected chi connectivity index (χ0v) is 15.5. The standard InChI is InChI=1S/C13H25N5O.HI/c1-7-10-9(11(19-6)18(5)17-10)8-15-12(14)16-13(2,3)4;/h7-8H2,1-6H3,(H3,14,15,16);1H.